The van der Waals surface area contributed by atoms with Crippen LogP contribution < -0.4 is 19.5 Å². The molecule has 24 heavy (non-hydrogen) atoms. The average molecular weight is 348 g/mol. The van der Waals surface area contributed by atoms with Gasteiger partial charge in [0.05, 0.1) is 10.7 Å². The molecular formula is C18H18ClNO4. The lowest BCUT2D eigenvalue weighted by Gasteiger charge is -2.20. The summed E-state index contributed by atoms with van der Waals surface area (Å²) in [6, 6.07) is 10.8. The number of benzene rings is 2. The zero-order valence-electron chi connectivity index (χ0n) is 13.5. The van der Waals surface area contributed by atoms with Crippen LogP contribution in [0.3, 0.4) is 0 Å². The largest absolute Gasteiger partial charge is 0.486 e. The van der Waals surface area contributed by atoms with Crippen molar-refractivity contribution in [1.82, 2.24) is 0 Å². The zero-order chi connectivity index (χ0) is 17.1. The molecule has 0 bridgehead atoms. The van der Waals surface area contributed by atoms with Gasteiger partial charge < -0.3 is 19.5 Å². The van der Waals surface area contributed by atoms with E-state index in [0.29, 0.717) is 41.2 Å². The number of anilines is 1. The van der Waals surface area contributed by atoms with Crippen LogP contribution in [-0.2, 0) is 4.79 Å². The summed E-state index contributed by atoms with van der Waals surface area (Å²) in [5, 5.41) is 3.14. The first-order valence-electron chi connectivity index (χ1n) is 7.66. The molecule has 1 atom stereocenters. The number of halogens is 1. The SMILES string of the molecule is Cc1ccc(OC(C)C(=O)Nc2cc3c(cc2Cl)OCCO3)cc1. The number of carbonyl (C=O) groups is 1. The lowest BCUT2D eigenvalue weighted by molar-refractivity contribution is -0.122. The second-order valence-electron chi connectivity index (χ2n) is 5.54. The van der Waals surface area contributed by atoms with Crippen LogP contribution in [-0.4, -0.2) is 25.2 Å². The number of hydrogen-bond acceptors (Lipinski definition) is 4. The highest BCUT2D eigenvalue weighted by atomic mass is 35.5. The summed E-state index contributed by atoms with van der Waals surface area (Å²) in [7, 11) is 0. The minimum absolute atomic E-state index is 0.297. The minimum Gasteiger partial charge on any atom is -0.486 e. The van der Waals surface area contributed by atoms with E-state index < -0.39 is 6.10 Å². The quantitative estimate of drug-likeness (QED) is 0.913. The summed E-state index contributed by atoms with van der Waals surface area (Å²) in [6.07, 6.45) is -0.669. The molecule has 0 aliphatic carbocycles. The van der Waals surface area contributed by atoms with Crippen molar-refractivity contribution in [2.24, 2.45) is 0 Å². The summed E-state index contributed by atoms with van der Waals surface area (Å²) in [4.78, 5) is 12.3. The molecular weight excluding hydrogens is 330 g/mol. The molecule has 3 rings (SSSR count). The van der Waals surface area contributed by atoms with Gasteiger partial charge in [0.2, 0.25) is 0 Å². The Bertz CT molecular complexity index is 745. The number of hydrogen-bond donors (Lipinski definition) is 1. The lowest BCUT2D eigenvalue weighted by atomic mass is 10.2. The molecule has 6 heteroatoms. The van der Waals surface area contributed by atoms with Gasteiger partial charge in [0.15, 0.2) is 17.6 Å². The highest BCUT2D eigenvalue weighted by Crippen LogP contribution is 2.38. The van der Waals surface area contributed by atoms with Gasteiger partial charge in [-0.15, -0.1) is 0 Å². The van der Waals surface area contributed by atoms with E-state index in [1.165, 1.54) is 0 Å². The fraction of sp³-hybridized carbons (Fsp3) is 0.278. The second kappa shape index (κ2) is 7.01. The van der Waals surface area contributed by atoms with E-state index in [9.17, 15) is 4.79 Å². The third kappa shape index (κ3) is 3.74. The highest BCUT2D eigenvalue weighted by molar-refractivity contribution is 6.34. The van der Waals surface area contributed by atoms with Crippen LogP contribution >= 0.6 is 11.6 Å². The van der Waals surface area contributed by atoms with E-state index in [2.05, 4.69) is 5.32 Å². The molecule has 1 aliphatic heterocycles. The molecule has 5 nitrogen and oxygen atoms in total. The summed E-state index contributed by atoms with van der Waals surface area (Å²) < 4.78 is 16.6. The molecule has 1 unspecified atom stereocenters. The molecule has 0 saturated heterocycles. The van der Waals surface area contributed by atoms with Crippen LogP contribution in [0.25, 0.3) is 0 Å². The predicted octanol–water partition coefficient (Wildman–Crippen LogP) is 3.83. The topological polar surface area (TPSA) is 56.8 Å². The third-order valence-electron chi connectivity index (χ3n) is 3.59. The highest BCUT2D eigenvalue weighted by Gasteiger charge is 2.19. The third-order valence-corrected chi connectivity index (χ3v) is 3.91. The van der Waals surface area contributed by atoms with Crippen LogP contribution in [0, 0.1) is 6.92 Å². The fourth-order valence-corrected chi connectivity index (χ4v) is 2.47. The monoisotopic (exact) mass is 347 g/mol. The van der Waals surface area contributed by atoms with E-state index in [-0.39, 0.29) is 5.91 Å². The first-order chi connectivity index (χ1) is 11.5. The first kappa shape index (κ1) is 16.5. The second-order valence-corrected chi connectivity index (χ2v) is 5.95. The van der Waals surface area contributed by atoms with E-state index in [0.717, 1.165) is 5.56 Å². The maximum Gasteiger partial charge on any atom is 0.265 e. The van der Waals surface area contributed by atoms with Crippen LogP contribution in [0.15, 0.2) is 36.4 Å². The van der Waals surface area contributed by atoms with Crippen molar-refractivity contribution < 1.29 is 19.0 Å². The molecule has 0 aromatic heterocycles. The Kier molecular flexibility index (Phi) is 4.81. The van der Waals surface area contributed by atoms with Gasteiger partial charge in [0.25, 0.3) is 5.91 Å². The average Bonchev–Trinajstić information content (AvgIpc) is 2.57. The molecule has 2 aromatic rings. The molecule has 0 saturated carbocycles. The summed E-state index contributed by atoms with van der Waals surface area (Å²) in [5.41, 5.74) is 1.59. The van der Waals surface area contributed by atoms with Crippen molar-refractivity contribution in [3.05, 3.63) is 47.0 Å². The molecule has 2 aromatic carbocycles. The first-order valence-corrected chi connectivity index (χ1v) is 8.04. The van der Waals surface area contributed by atoms with Crippen molar-refractivity contribution in [3.63, 3.8) is 0 Å². The number of amides is 1. The summed E-state index contributed by atoms with van der Waals surface area (Å²) >= 11 is 6.20. The van der Waals surface area contributed by atoms with Crippen LogP contribution in [0.4, 0.5) is 5.69 Å². The van der Waals surface area contributed by atoms with Gasteiger partial charge in [-0.1, -0.05) is 29.3 Å². The standard InChI is InChI=1S/C18H18ClNO4/c1-11-3-5-13(6-4-11)24-12(2)18(21)20-15-10-17-16(9-14(15)19)22-7-8-23-17/h3-6,9-10,12H,7-8H2,1-2H3,(H,20,21). The Morgan fingerprint density at radius 3 is 2.46 bits per heavy atom. The molecule has 1 N–H and O–H groups in total. The van der Waals surface area contributed by atoms with Crippen LogP contribution in [0.2, 0.25) is 5.02 Å². The van der Waals surface area contributed by atoms with E-state index in [1.807, 2.05) is 31.2 Å². The molecule has 1 heterocycles. The number of ether oxygens (including phenoxy) is 3. The number of rotatable bonds is 4. The Labute approximate surface area is 145 Å². The van der Waals surface area contributed by atoms with Gasteiger partial charge >= 0.3 is 0 Å². The summed E-state index contributed by atoms with van der Waals surface area (Å²) in [6.45, 7) is 4.62. The molecule has 1 aliphatic rings. The van der Waals surface area contributed by atoms with Crippen LogP contribution in [0.1, 0.15) is 12.5 Å². The Morgan fingerprint density at radius 1 is 1.17 bits per heavy atom. The van der Waals surface area contributed by atoms with Crippen molar-refractivity contribution in [2.75, 3.05) is 18.5 Å². The molecule has 0 fully saturated rings. The Balaban J connectivity index is 1.68. The van der Waals surface area contributed by atoms with Crippen LogP contribution in [0.5, 0.6) is 17.2 Å². The molecule has 0 spiro atoms. The smallest absolute Gasteiger partial charge is 0.265 e. The van der Waals surface area contributed by atoms with E-state index >= 15 is 0 Å². The molecule has 1 amide bonds. The number of carbonyl (C=O) groups excluding carboxylic acids is 1. The lowest BCUT2D eigenvalue weighted by Crippen LogP contribution is -2.30. The Morgan fingerprint density at radius 2 is 1.79 bits per heavy atom. The predicted molar refractivity (Wildman–Crippen MR) is 92.3 cm³/mol. The maximum absolute atomic E-state index is 12.3. The van der Waals surface area contributed by atoms with Gasteiger partial charge in [-0.2, -0.15) is 0 Å². The van der Waals surface area contributed by atoms with Gasteiger partial charge in [-0.3, -0.25) is 4.79 Å². The van der Waals surface area contributed by atoms with Gasteiger partial charge in [0, 0.05) is 12.1 Å². The summed E-state index contributed by atoms with van der Waals surface area (Å²) in [5.74, 6) is 1.48. The van der Waals surface area contributed by atoms with E-state index in [1.54, 1.807) is 19.1 Å². The zero-order valence-corrected chi connectivity index (χ0v) is 14.2. The molecule has 126 valence electrons. The van der Waals surface area contributed by atoms with Crippen molar-refractivity contribution in [3.8, 4) is 17.2 Å². The van der Waals surface area contributed by atoms with Gasteiger partial charge in [-0.25, -0.2) is 0 Å². The normalized spacial score (nSPS) is 14.0. The minimum atomic E-state index is -0.669. The number of nitrogens with one attached hydrogen (secondary N) is 1. The fourth-order valence-electron chi connectivity index (χ4n) is 2.27. The van der Waals surface area contributed by atoms with Gasteiger partial charge in [0.1, 0.15) is 19.0 Å². The van der Waals surface area contributed by atoms with Crippen molar-refractivity contribution in [1.29, 1.82) is 0 Å². The van der Waals surface area contributed by atoms with E-state index in [4.69, 9.17) is 25.8 Å². The number of aryl methyl sites for hydroxylation is 1. The van der Waals surface area contributed by atoms with Crippen molar-refractivity contribution >= 4 is 23.2 Å². The molecule has 0 radical (unpaired) electrons. The Hall–Kier alpha value is -2.40. The van der Waals surface area contributed by atoms with Gasteiger partial charge in [-0.05, 0) is 26.0 Å². The maximum atomic E-state index is 12.3. The number of fused-ring (bicyclic) bond motifs is 1. The van der Waals surface area contributed by atoms with Crippen molar-refractivity contribution in [2.45, 2.75) is 20.0 Å².